The topological polar surface area (TPSA) is 168 Å². The fraction of sp³-hybridized carbons (Fsp3) is 0.357. The van der Waals surface area contributed by atoms with Crippen LogP contribution in [0, 0.1) is 5.92 Å². The van der Waals surface area contributed by atoms with Gasteiger partial charge in [-0.2, -0.15) is 0 Å². The summed E-state index contributed by atoms with van der Waals surface area (Å²) < 4.78 is 18.7. The van der Waals surface area contributed by atoms with Gasteiger partial charge in [0.2, 0.25) is 0 Å². The summed E-state index contributed by atoms with van der Waals surface area (Å²) in [5.74, 6) is -0.258. The second-order valence-electron chi connectivity index (χ2n) is 14.6. The fourth-order valence-corrected chi connectivity index (χ4v) is 7.98. The van der Waals surface area contributed by atoms with Crippen molar-refractivity contribution in [1.82, 2.24) is 14.8 Å². The number of amides is 2. The normalized spacial score (nSPS) is 19.4. The Hall–Kier alpha value is -5.63. The van der Waals surface area contributed by atoms with Gasteiger partial charge in [0.05, 0.1) is 17.3 Å². The molecule has 5 aromatic rings. The fourth-order valence-electron chi connectivity index (χ4n) is 7.98. The minimum absolute atomic E-state index is 0.0806. The Kier molecular flexibility index (Phi) is 10.6. The zero-order chi connectivity index (χ0) is 37.9. The Morgan fingerprint density at radius 1 is 0.982 bits per heavy atom. The zero-order valence-electron chi connectivity index (χ0n) is 30.5. The highest BCUT2D eigenvalue weighted by molar-refractivity contribution is 5.97. The quantitative estimate of drug-likeness (QED) is 0.0735. The molecule has 0 aliphatic carbocycles. The third kappa shape index (κ3) is 8.09. The lowest BCUT2D eigenvalue weighted by molar-refractivity contribution is -0.118. The first-order chi connectivity index (χ1) is 26.8. The molecule has 2 amide bonds. The summed E-state index contributed by atoms with van der Waals surface area (Å²) >= 11 is 0. The zero-order valence-corrected chi connectivity index (χ0v) is 30.5. The molecule has 0 saturated carbocycles. The van der Waals surface area contributed by atoms with Crippen molar-refractivity contribution >= 4 is 34.5 Å². The molecule has 5 N–H and O–H groups in total. The van der Waals surface area contributed by atoms with Crippen LogP contribution in [0.25, 0.3) is 22.2 Å². The smallest absolute Gasteiger partial charge is 0.419 e. The van der Waals surface area contributed by atoms with Crippen LogP contribution in [-0.2, 0) is 29.0 Å². The van der Waals surface area contributed by atoms with Gasteiger partial charge in [0, 0.05) is 37.3 Å². The maximum absolute atomic E-state index is 13.2. The average molecular weight is 748 g/mol. The number of nitrogens with one attached hydrogen (secondary N) is 3. The highest BCUT2D eigenvalue weighted by Crippen LogP contribution is 2.41. The maximum atomic E-state index is 13.2. The minimum Gasteiger partial charge on any atom is -0.506 e. The summed E-state index contributed by atoms with van der Waals surface area (Å²) in [6.07, 6.45) is 3.00. The van der Waals surface area contributed by atoms with Gasteiger partial charge >= 0.3 is 11.8 Å². The number of anilines is 2. The van der Waals surface area contributed by atoms with E-state index in [9.17, 15) is 24.6 Å². The van der Waals surface area contributed by atoms with Crippen molar-refractivity contribution in [1.29, 1.82) is 0 Å². The molecule has 1 unspecified atom stereocenters. The number of hydrogen-bond acceptors (Lipinski definition) is 10. The summed E-state index contributed by atoms with van der Waals surface area (Å²) in [6.45, 7) is 3.83. The number of fused-ring (bicyclic) bond motifs is 5. The van der Waals surface area contributed by atoms with Crippen LogP contribution in [0.15, 0.2) is 88.1 Å². The molecule has 0 spiro atoms. The van der Waals surface area contributed by atoms with E-state index in [4.69, 9.17) is 13.9 Å². The number of carbonyl (C=O) groups excluding carboxylic acids is 2. The predicted molar refractivity (Wildman–Crippen MR) is 207 cm³/mol. The number of oxazole rings is 1. The first kappa shape index (κ1) is 36.4. The molecule has 13 heteroatoms. The number of aryl methyl sites for hydroxylation is 2. The Morgan fingerprint density at radius 2 is 1.80 bits per heavy atom. The van der Waals surface area contributed by atoms with Crippen molar-refractivity contribution in [2.45, 2.75) is 57.4 Å². The second kappa shape index (κ2) is 16.0. The van der Waals surface area contributed by atoms with Crippen LogP contribution in [0.5, 0.6) is 11.5 Å². The van der Waals surface area contributed by atoms with E-state index >= 15 is 0 Å². The van der Waals surface area contributed by atoms with Crippen molar-refractivity contribution in [3.8, 4) is 22.6 Å². The highest BCUT2D eigenvalue weighted by atomic mass is 16.6. The number of aliphatic hydroxyl groups is 1. The summed E-state index contributed by atoms with van der Waals surface area (Å²) in [5.41, 5.74) is 6.39. The maximum Gasteiger partial charge on any atom is 0.419 e. The van der Waals surface area contributed by atoms with E-state index in [2.05, 4.69) is 26.9 Å². The van der Waals surface area contributed by atoms with Gasteiger partial charge in [-0.15, -0.1) is 0 Å². The SMILES string of the molecule is O=C1COc2c(C(O)CNCc3ccc4c(c3)oc(=O)n4CCCCc3ccc(-c4ccccc4)c(NC(=O)O[C@H]4CN5CCC4CC5)c3)ccc(O)c2N1. The molecule has 4 aliphatic rings. The van der Waals surface area contributed by atoms with Gasteiger partial charge in [0.25, 0.3) is 5.91 Å². The number of aromatic hydroxyl groups is 1. The molecule has 2 bridgehead atoms. The number of piperidine rings is 3. The van der Waals surface area contributed by atoms with E-state index in [0.29, 0.717) is 35.7 Å². The summed E-state index contributed by atoms with van der Waals surface area (Å²) in [6, 6.07) is 24.7. The van der Waals surface area contributed by atoms with E-state index < -0.39 is 18.0 Å². The number of aromatic nitrogens is 1. The molecule has 13 nitrogen and oxygen atoms in total. The first-order valence-electron chi connectivity index (χ1n) is 19.0. The Bertz CT molecular complexity index is 2240. The second-order valence-corrected chi connectivity index (χ2v) is 14.6. The Labute approximate surface area is 317 Å². The van der Waals surface area contributed by atoms with Crippen LogP contribution in [0.1, 0.15) is 48.5 Å². The lowest BCUT2D eigenvalue weighted by atomic mass is 9.86. The monoisotopic (exact) mass is 747 g/mol. The van der Waals surface area contributed by atoms with Crippen LogP contribution in [-0.4, -0.2) is 70.6 Å². The lowest BCUT2D eigenvalue weighted by Crippen LogP contribution is -2.52. The molecule has 1 aromatic heterocycles. The van der Waals surface area contributed by atoms with Crippen LogP contribution >= 0.6 is 0 Å². The number of benzene rings is 4. The molecule has 3 fully saturated rings. The van der Waals surface area contributed by atoms with Crippen molar-refractivity contribution < 1.29 is 33.7 Å². The minimum atomic E-state index is -0.965. The summed E-state index contributed by atoms with van der Waals surface area (Å²) in [5, 5.41) is 29.8. The molecule has 4 aliphatic heterocycles. The largest absolute Gasteiger partial charge is 0.506 e. The van der Waals surface area contributed by atoms with Gasteiger partial charge in [-0.3, -0.25) is 19.6 Å². The summed E-state index contributed by atoms with van der Waals surface area (Å²) in [4.78, 5) is 40.1. The third-order valence-corrected chi connectivity index (χ3v) is 10.9. The van der Waals surface area contributed by atoms with E-state index in [1.54, 1.807) is 10.6 Å². The Balaban J connectivity index is 0.864. The number of phenols is 1. The van der Waals surface area contributed by atoms with Gasteiger partial charge in [-0.05, 0) is 98.1 Å². The van der Waals surface area contributed by atoms with Gasteiger partial charge in [0.15, 0.2) is 17.9 Å². The van der Waals surface area contributed by atoms with E-state index in [1.165, 1.54) is 6.07 Å². The first-order valence-corrected chi connectivity index (χ1v) is 19.0. The molecule has 0 radical (unpaired) electrons. The van der Waals surface area contributed by atoms with Gasteiger partial charge < -0.3 is 34.7 Å². The van der Waals surface area contributed by atoms with Crippen LogP contribution in [0.3, 0.4) is 0 Å². The van der Waals surface area contributed by atoms with Gasteiger partial charge in [-0.25, -0.2) is 9.59 Å². The molecule has 4 aromatic carbocycles. The molecule has 55 heavy (non-hydrogen) atoms. The van der Waals surface area contributed by atoms with E-state index in [1.807, 2.05) is 60.7 Å². The molecular formula is C42H45N5O8. The van der Waals surface area contributed by atoms with Crippen molar-refractivity contribution in [3.63, 3.8) is 0 Å². The highest BCUT2D eigenvalue weighted by Gasteiger charge is 2.36. The number of phenolic OH excluding ortho intramolecular Hbond substituents is 1. The lowest BCUT2D eigenvalue weighted by Gasteiger charge is -2.43. The molecule has 9 rings (SSSR count). The van der Waals surface area contributed by atoms with Crippen molar-refractivity contribution in [3.05, 3.63) is 106 Å². The van der Waals surface area contributed by atoms with Crippen molar-refractivity contribution in [2.75, 3.05) is 43.4 Å². The van der Waals surface area contributed by atoms with Crippen LogP contribution < -0.4 is 26.4 Å². The third-order valence-electron chi connectivity index (χ3n) is 10.9. The molecule has 3 saturated heterocycles. The van der Waals surface area contributed by atoms with E-state index in [-0.39, 0.29) is 42.3 Å². The van der Waals surface area contributed by atoms with Gasteiger partial charge in [-0.1, -0.05) is 48.5 Å². The molecular weight excluding hydrogens is 702 g/mol. The molecule has 5 heterocycles. The number of aliphatic hydroxyl groups excluding tert-OH is 1. The van der Waals surface area contributed by atoms with Crippen molar-refractivity contribution in [2.24, 2.45) is 5.92 Å². The van der Waals surface area contributed by atoms with Crippen LogP contribution in [0.4, 0.5) is 16.2 Å². The number of carbonyl (C=O) groups is 2. The number of nitrogens with zero attached hydrogens (tertiary/aromatic N) is 2. The Morgan fingerprint density at radius 3 is 2.60 bits per heavy atom. The molecule has 286 valence electrons. The van der Waals surface area contributed by atoms with E-state index in [0.717, 1.165) is 79.7 Å². The number of unbranched alkanes of at least 4 members (excludes halogenated alkanes) is 1. The average Bonchev–Trinajstić information content (AvgIpc) is 3.51. The van der Waals surface area contributed by atoms with Gasteiger partial charge in [0.1, 0.15) is 17.5 Å². The standard InChI is InChI=1S/C42H45N5O8/c48-34-14-12-31(40-39(34)45-38(50)25-53-40)35(49)23-43-22-27-10-13-33-36(21-27)55-42(52)47(33)17-5-4-6-26-9-11-30(28-7-2-1-3-8-28)32(20-26)44-41(51)54-37-24-46-18-15-29(37)16-19-46/h1-3,7-14,20-21,29,35,37,43,48-49H,4-6,15-19,22-25H2,(H,44,51)(H,45,50)/t35?,37-/m0/s1. The predicted octanol–water partition coefficient (Wildman–Crippen LogP) is 5.79. The number of rotatable bonds is 13. The summed E-state index contributed by atoms with van der Waals surface area (Å²) in [7, 11) is 0. The molecule has 2 atom stereocenters. The van der Waals surface area contributed by atoms with Crippen LogP contribution in [0.2, 0.25) is 0 Å². The number of hydrogen-bond donors (Lipinski definition) is 5. The number of ether oxygens (including phenoxy) is 2.